The minimum Gasteiger partial charge on any atom is -0.507 e. The number of carbonyl (C=O) groups is 2. The van der Waals surface area contributed by atoms with Crippen molar-refractivity contribution in [3.05, 3.63) is 84.0 Å². The molecule has 298 valence electrons. The van der Waals surface area contributed by atoms with Crippen molar-refractivity contribution in [2.24, 2.45) is 0 Å². The lowest BCUT2D eigenvalue weighted by atomic mass is 9.78. The molecule has 2 aromatic carbocycles. The van der Waals surface area contributed by atoms with Crippen molar-refractivity contribution in [2.45, 2.75) is 178 Å². The Labute approximate surface area is 326 Å². The smallest absolute Gasteiger partial charge is 0.306 e. The number of benzene rings is 2. The molecule has 2 aromatic rings. The number of ether oxygens (including phenoxy) is 2. The van der Waals surface area contributed by atoms with E-state index in [1.54, 1.807) is 0 Å². The summed E-state index contributed by atoms with van der Waals surface area (Å²) in [5.41, 5.74) is 6.58. The van der Waals surface area contributed by atoms with Crippen molar-refractivity contribution in [3.8, 4) is 11.5 Å². The van der Waals surface area contributed by atoms with Crippen LogP contribution in [0.15, 0.2) is 50.6 Å². The third-order valence-electron chi connectivity index (χ3n) is 12.5. The first kappa shape index (κ1) is 43.2. The first-order valence-corrected chi connectivity index (χ1v) is 21.5. The van der Waals surface area contributed by atoms with Gasteiger partial charge in [-0.05, 0) is 121 Å². The summed E-state index contributed by atoms with van der Waals surface area (Å²) in [5, 5.41) is 22.8. The number of rotatable bonds is 13. The summed E-state index contributed by atoms with van der Waals surface area (Å²) in [6, 6.07) is 8.60. The first-order valence-electron chi connectivity index (χ1n) is 21.5. The number of hydrogen-bond acceptors (Lipinski definition) is 6. The van der Waals surface area contributed by atoms with Crippen LogP contribution in [0.1, 0.15) is 198 Å². The SMILES string of the molecule is C=C.C=C.O=C(CCc1cc(C2CCCCC2)c(O)c(C2CCCCC2)c1)OCCOC(=O)CCc1cc(C2CCCCC2)c(O)c(C2CCCCC2)c1. The summed E-state index contributed by atoms with van der Waals surface area (Å²) in [6.45, 7) is 12.1. The van der Waals surface area contributed by atoms with Gasteiger partial charge in [-0.25, -0.2) is 0 Å². The van der Waals surface area contributed by atoms with Gasteiger partial charge in [-0.15, -0.1) is 26.3 Å². The molecule has 0 amide bonds. The van der Waals surface area contributed by atoms with E-state index in [9.17, 15) is 19.8 Å². The van der Waals surface area contributed by atoms with Crippen LogP contribution in [-0.4, -0.2) is 35.4 Å². The topological polar surface area (TPSA) is 93.1 Å². The standard InChI is InChI=1S/C44H62O6.2C2H4/c45-41(23-21-31-27-37(33-13-5-1-6-14-33)43(47)38(28-31)34-15-7-2-8-16-34)49-25-26-50-42(46)24-22-32-29-39(35-17-9-3-10-18-35)44(48)40(30-32)36-19-11-4-12-20-36;2*1-2/h27-30,33-36,47-48H,1-26H2;2*1-2H2. The van der Waals surface area contributed by atoms with Gasteiger partial charge in [0.2, 0.25) is 0 Å². The Hall–Kier alpha value is -3.54. The van der Waals surface area contributed by atoms with Crippen LogP contribution < -0.4 is 0 Å². The lowest BCUT2D eigenvalue weighted by molar-refractivity contribution is -0.152. The van der Waals surface area contributed by atoms with E-state index < -0.39 is 0 Å². The maximum absolute atomic E-state index is 12.7. The largest absolute Gasteiger partial charge is 0.507 e. The monoisotopic (exact) mass is 743 g/mol. The van der Waals surface area contributed by atoms with Crippen molar-refractivity contribution in [1.29, 1.82) is 0 Å². The Kier molecular flexibility index (Phi) is 18.7. The Morgan fingerprint density at radius 3 is 0.944 bits per heavy atom. The van der Waals surface area contributed by atoms with Crippen molar-refractivity contribution in [3.63, 3.8) is 0 Å². The average molecular weight is 743 g/mol. The lowest BCUT2D eigenvalue weighted by Gasteiger charge is -2.28. The van der Waals surface area contributed by atoms with E-state index in [4.69, 9.17) is 9.47 Å². The van der Waals surface area contributed by atoms with Gasteiger partial charge in [0.25, 0.3) is 0 Å². The van der Waals surface area contributed by atoms with E-state index in [0.29, 0.717) is 48.0 Å². The summed E-state index contributed by atoms with van der Waals surface area (Å²) < 4.78 is 11.0. The number of carbonyl (C=O) groups excluding carboxylic acids is 2. The predicted octanol–water partition coefficient (Wildman–Crippen LogP) is 12.5. The number of hydrogen-bond donors (Lipinski definition) is 2. The van der Waals surface area contributed by atoms with Gasteiger partial charge in [-0.1, -0.05) is 101 Å². The van der Waals surface area contributed by atoms with Crippen LogP contribution in [0, 0.1) is 0 Å². The summed E-state index contributed by atoms with van der Waals surface area (Å²) >= 11 is 0. The first-order chi connectivity index (χ1) is 26.5. The van der Waals surface area contributed by atoms with Crippen molar-refractivity contribution in [2.75, 3.05) is 13.2 Å². The van der Waals surface area contributed by atoms with E-state index >= 15 is 0 Å². The molecule has 0 saturated heterocycles. The summed E-state index contributed by atoms with van der Waals surface area (Å²) in [4.78, 5) is 25.5. The van der Waals surface area contributed by atoms with Crippen molar-refractivity contribution in [1.82, 2.24) is 0 Å². The number of aryl methyl sites for hydroxylation is 2. The molecule has 6 rings (SSSR count). The van der Waals surface area contributed by atoms with Gasteiger partial charge in [-0.3, -0.25) is 9.59 Å². The lowest BCUT2D eigenvalue weighted by Crippen LogP contribution is -2.15. The average Bonchev–Trinajstić information content (AvgIpc) is 3.24. The van der Waals surface area contributed by atoms with Gasteiger partial charge in [0, 0.05) is 12.8 Å². The molecule has 6 heteroatoms. The highest BCUT2D eigenvalue weighted by molar-refractivity contribution is 5.70. The van der Waals surface area contributed by atoms with E-state index in [1.807, 2.05) is 0 Å². The molecule has 6 nitrogen and oxygen atoms in total. The predicted molar refractivity (Wildman–Crippen MR) is 221 cm³/mol. The minimum absolute atomic E-state index is 0.0532. The Morgan fingerprint density at radius 1 is 0.463 bits per heavy atom. The van der Waals surface area contributed by atoms with Gasteiger partial charge in [-0.2, -0.15) is 0 Å². The Morgan fingerprint density at radius 2 is 0.704 bits per heavy atom. The Balaban J connectivity index is 0.00000157. The molecule has 0 bridgehead atoms. The highest BCUT2D eigenvalue weighted by Crippen LogP contribution is 2.46. The molecule has 0 aromatic heterocycles. The van der Waals surface area contributed by atoms with Crippen LogP contribution >= 0.6 is 0 Å². The third-order valence-corrected chi connectivity index (χ3v) is 12.5. The highest BCUT2D eigenvalue weighted by Gasteiger charge is 2.27. The van der Waals surface area contributed by atoms with Gasteiger partial charge >= 0.3 is 11.9 Å². The molecule has 4 aliphatic carbocycles. The summed E-state index contributed by atoms with van der Waals surface area (Å²) in [5.74, 6) is 2.05. The molecule has 54 heavy (non-hydrogen) atoms. The molecule has 0 aliphatic heterocycles. The molecule has 2 N–H and O–H groups in total. The number of esters is 2. The van der Waals surface area contributed by atoms with E-state index in [2.05, 4.69) is 50.6 Å². The van der Waals surface area contributed by atoms with Crippen LogP contribution in [0.4, 0.5) is 0 Å². The number of aromatic hydroxyl groups is 2. The van der Waals surface area contributed by atoms with Gasteiger partial charge < -0.3 is 19.7 Å². The Bertz CT molecular complexity index is 1250. The number of phenolic OH excluding ortho intramolecular Hbond substituents is 2. The van der Waals surface area contributed by atoms with E-state index in [0.717, 1.165) is 84.7 Å². The highest BCUT2D eigenvalue weighted by atomic mass is 16.6. The fourth-order valence-corrected chi connectivity index (χ4v) is 9.63. The van der Waals surface area contributed by atoms with Gasteiger partial charge in [0.1, 0.15) is 24.7 Å². The summed E-state index contributed by atoms with van der Waals surface area (Å²) in [6.07, 6.45) is 25.5. The quantitative estimate of drug-likeness (QED) is 0.121. The van der Waals surface area contributed by atoms with Crippen LogP contribution in [-0.2, 0) is 31.9 Å². The molecule has 0 atom stereocenters. The van der Waals surface area contributed by atoms with Crippen LogP contribution in [0.2, 0.25) is 0 Å². The zero-order valence-corrected chi connectivity index (χ0v) is 33.4. The van der Waals surface area contributed by atoms with Crippen LogP contribution in [0.25, 0.3) is 0 Å². The second-order valence-corrected chi connectivity index (χ2v) is 16.0. The van der Waals surface area contributed by atoms with Crippen LogP contribution in [0.5, 0.6) is 11.5 Å². The maximum atomic E-state index is 12.7. The molecule has 4 fully saturated rings. The van der Waals surface area contributed by atoms with E-state index in [1.165, 1.54) is 77.0 Å². The molecule has 4 saturated carbocycles. The van der Waals surface area contributed by atoms with E-state index in [-0.39, 0.29) is 38.0 Å². The molecule has 0 spiro atoms. The molecular weight excluding hydrogens is 673 g/mol. The fraction of sp³-hybridized carbons (Fsp3) is 0.625. The van der Waals surface area contributed by atoms with Crippen molar-refractivity contribution >= 4 is 11.9 Å². The van der Waals surface area contributed by atoms with Crippen molar-refractivity contribution < 1.29 is 29.3 Å². The maximum Gasteiger partial charge on any atom is 0.306 e. The molecule has 4 aliphatic rings. The molecular formula is C48H70O6. The molecule has 0 unspecified atom stereocenters. The zero-order chi connectivity index (χ0) is 38.7. The van der Waals surface area contributed by atoms with Gasteiger partial charge in [0.05, 0.1) is 0 Å². The molecule has 0 heterocycles. The number of phenols is 2. The second-order valence-electron chi connectivity index (χ2n) is 16.0. The second kappa shape index (κ2) is 23.4. The third kappa shape index (κ3) is 12.5. The zero-order valence-electron chi connectivity index (χ0n) is 33.4. The normalized spacial score (nSPS) is 18.7. The van der Waals surface area contributed by atoms with Crippen LogP contribution in [0.3, 0.4) is 0 Å². The fourth-order valence-electron chi connectivity index (χ4n) is 9.63. The van der Waals surface area contributed by atoms with Gasteiger partial charge in [0.15, 0.2) is 0 Å². The molecule has 0 radical (unpaired) electrons. The summed E-state index contributed by atoms with van der Waals surface area (Å²) in [7, 11) is 0. The minimum atomic E-state index is -0.290.